The van der Waals surface area contributed by atoms with E-state index in [0.717, 1.165) is 16.9 Å². The molecule has 0 spiro atoms. The molecule has 0 unspecified atom stereocenters. The fourth-order valence-electron chi connectivity index (χ4n) is 1.54. The molecule has 2 aromatic rings. The third kappa shape index (κ3) is 2.91. The van der Waals surface area contributed by atoms with Gasteiger partial charge in [-0.15, -0.1) is 0 Å². The summed E-state index contributed by atoms with van der Waals surface area (Å²) in [4.78, 5) is 26.9. The number of benzene rings is 1. The Kier molecular flexibility index (Phi) is 4.03. The number of nitrogens with two attached hydrogens (primary N) is 4. The number of primary amides is 2. The molecule has 4 amide bonds. The molecule has 2 rings (SSSR count). The highest BCUT2D eigenvalue weighted by molar-refractivity contribution is 7.19. The molecule has 110 valence electrons. The van der Waals surface area contributed by atoms with E-state index in [1.807, 2.05) is 6.07 Å². The van der Waals surface area contributed by atoms with E-state index in [1.54, 1.807) is 24.3 Å². The van der Waals surface area contributed by atoms with Crippen molar-refractivity contribution in [1.29, 1.82) is 0 Å². The predicted molar refractivity (Wildman–Crippen MR) is 80.0 cm³/mol. The molecule has 1 aromatic carbocycles. The van der Waals surface area contributed by atoms with Crippen LogP contribution in [0.15, 0.2) is 30.3 Å². The Morgan fingerprint density at radius 2 is 1.57 bits per heavy atom. The smallest absolute Gasteiger partial charge is 0.335 e. The van der Waals surface area contributed by atoms with Crippen LogP contribution in [0.5, 0.6) is 0 Å². The second kappa shape index (κ2) is 5.75. The summed E-state index contributed by atoms with van der Waals surface area (Å²) in [6, 6.07) is 7.24. The number of nitrogens with zero attached hydrogens (tertiary/aromatic N) is 3. The van der Waals surface area contributed by atoms with E-state index < -0.39 is 12.1 Å². The molecule has 1 heterocycles. The van der Waals surface area contributed by atoms with Gasteiger partial charge in [-0.1, -0.05) is 41.7 Å². The zero-order valence-electron chi connectivity index (χ0n) is 10.8. The van der Waals surface area contributed by atoms with Crippen molar-refractivity contribution in [2.75, 3.05) is 10.0 Å². The van der Waals surface area contributed by atoms with E-state index in [0.29, 0.717) is 14.9 Å². The quantitative estimate of drug-likeness (QED) is 0.365. The lowest BCUT2D eigenvalue weighted by Crippen LogP contribution is -2.43. The standard InChI is InChI=1S/C11H13N7O2S/c12-9(19)17(14)8-7(6-4-2-1-3-5-6)21-11(16-8)18(15)10(13)20/h1-5H,14-15H2,(H2,12,19)(H2,13,20). The number of hydrogen-bond donors (Lipinski definition) is 4. The molecule has 0 radical (unpaired) electrons. The molecular formula is C11H13N7O2S. The monoisotopic (exact) mass is 307 g/mol. The first-order valence-electron chi connectivity index (χ1n) is 5.66. The summed E-state index contributed by atoms with van der Waals surface area (Å²) >= 11 is 1.05. The summed E-state index contributed by atoms with van der Waals surface area (Å²) in [7, 11) is 0. The number of hydrogen-bond acceptors (Lipinski definition) is 6. The van der Waals surface area contributed by atoms with Crippen LogP contribution in [0.4, 0.5) is 20.5 Å². The zero-order chi connectivity index (χ0) is 15.6. The van der Waals surface area contributed by atoms with Gasteiger partial charge in [-0.2, -0.15) is 4.98 Å². The van der Waals surface area contributed by atoms with Crippen LogP contribution in [-0.4, -0.2) is 17.0 Å². The minimum absolute atomic E-state index is 0.0883. The second-order valence-electron chi connectivity index (χ2n) is 3.93. The normalized spacial score (nSPS) is 10.2. The average molecular weight is 307 g/mol. The number of aromatic nitrogens is 1. The topological polar surface area (TPSA) is 158 Å². The number of urea groups is 2. The van der Waals surface area contributed by atoms with Crippen LogP contribution < -0.4 is 33.2 Å². The first-order valence-corrected chi connectivity index (χ1v) is 6.48. The number of anilines is 2. The summed E-state index contributed by atoms with van der Waals surface area (Å²) in [5.74, 6) is 11.2. The van der Waals surface area contributed by atoms with Gasteiger partial charge < -0.3 is 11.5 Å². The number of rotatable bonds is 3. The second-order valence-corrected chi connectivity index (χ2v) is 4.91. The molecule has 1 aromatic heterocycles. The van der Waals surface area contributed by atoms with E-state index in [4.69, 9.17) is 23.2 Å². The van der Waals surface area contributed by atoms with Gasteiger partial charge in [0.2, 0.25) is 5.13 Å². The SMILES string of the molecule is NC(=O)N(N)c1nc(N(N)C(N)=O)c(-c2ccccc2)s1. The third-order valence-electron chi connectivity index (χ3n) is 2.54. The highest BCUT2D eigenvalue weighted by Gasteiger charge is 2.23. The molecule has 10 heteroatoms. The molecule has 0 saturated heterocycles. The van der Waals surface area contributed by atoms with Gasteiger partial charge in [0.05, 0.1) is 4.88 Å². The van der Waals surface area contributed by atoms with Crippen molar-refractivity contribution in [2.24, 2.45) is 23.2 Å². The maximum atomic E-state index is 11.2. The Balaban J connectivity index is 2.56. The lowest BCUT2D eigenvalue weighted by Gasteiger charge is -2.12. The Labute approximate surface area is 123 Å². The first-order chi connectivity index (χ1) is 9.91. The van der Waals surface area contributed by atoms with Crippen molar-refractivity contribution in [1.82, 2.24) is 4.98 Å². The average Bonchev–Trinajstić information content (AvgIpc) is 2.91. The predicted octanol–water partition coefficient (Wildman–Crippen LogP) is 0.328. The maximum Gasteiger partial charge on any atom is 0.335 e. The van der Waals surface area contributed by atoms with Gasteiger partial charge in [-0.3, -0.25) is 0 Å². The van der Waals surface area contributed by atoms with Crippen LogP contribution in [0.1, 0.15) is 0 Å². The van der Waals surface area contributed by atoms with Gasteiger partial charge in [0.25, 0.3) is 0 Å². The van der Waals surface area contributed by atoms with Crippen LogP contribution in [0.2, 0.25) is 0 Å². The highest BCUT2D eigenvalue weighted by atomic mass is 32.1. The molecule has 0 aliphatic heterocycles. The molecule has 0 fully saturated rings. The minimum atomic E-state index is -0.897. The van der Waals surface area contributed by atoms with Crippen LogP contribution >= 0.6 is 11.3 Å². The van der Waals surface area contributed by atoms with E-state index >= 15 is 0 Å². The van der Waals surface area contributed by atoms with Gasteiger partial charge in [0.1, 0.15) is 0 Å². The molecule has 0 saturated carbocycles. The van der Waals surface area contributed by atoms with E-state index in [-0.39, 0.29) is 10.9 Å². The molecule has 0 bridgehead atoms. The lowest BCUT2D eigenvalue weighted by atomic mass is 10.2. The van der Waals surface area contributed by atoms with E-state index in [9.17, 15) is 9.59 Å². The molecule has 0 atom stereocenters. The summed E-state index contributed by atoms with van der Waals surface area (Å²) < 4.78 is 0. The van der Waals surface area contributed by atoms with Crippen molar-refractivity contribution in [3.8, 4) is 10.4 Å². The van der Waals surface area contributed by atoms with Crippen LogP contribution in [0, 0.1) is 0 Å². The third-order valence-corrected chi connectivity index (χ3v) is 3.64. The van der Waals surface area contributed by atoms with Gasteiger partial charge in [0.15, 0.2) is 5.82 Å². The van der Waals surface area contributed by atoms with Crippen LogP contribution in [0.3, 0.4) is 0 Å². The Morgan fingerprint density at radius 1 is 1.00 bits per heavy atom. The summed E-state index contributed by atoms with van der Waals surface area (Å²) in [6.45, 7) is 0. The number of carbonyl (C=O) groups is 2. The van der Waals surface area contributed by atoms with Gasteiger partial charge in [-0.05, 0) is 5.56 Å². The Morgan fingerprint density at radius 3 is 2.10 bits per heavy atom. The van der Waals surface area contributed by atoms with E-state index in [2.05, 4.69) is 4.98 Å². The highest BCUT2D eigenvalue weighted by Crippen LogP contribution is 2.38. The van der Waals surface area contributed by atoms with Crippen LogP contribution in [-0.2, 0) is 0 Å². The van der Waals surface area contributed by atoms with Crippen molar-refractivity contribution >= 4 is 34.3 Å². The van der Waals surface area contributed by atoms with Gasteiger partial charge >= 0.3 is 12.1 Å². The van der Waals surface area contributed by atoms with Gasteiger partial charge in [-0.25, -0.2) is 31.3 Å². The minimum Gasteiger partial charge on any atom is -0.350 e. The van der Waals surface area contributed by atoms with E-state index in [1.165, 1.54) is 0 Å². The Bertz CT molecular complexity index is 672. The Hall–Kier alpha value is -2.69. The number of hydrazine groups is 2. The molecule has 21 heavy (non-hydrogen) atoms. The zero-order valence-corrected chi connectivity index (χ0v) is 11.6. The fourth-order valence-corrected chi connectivity index (χ4v) is 2.54. The largest absolute Gasteiger partial charge is 0.350 e. The molecule has 8 N–H and O–H groups in total. The van der Waals surface area contributed by atoms with Crippen molar-refractivity contribution < 1.29 is 9.59 Å². The van der Waals surface area contributed by atoms with Crippen LogP contribution in [0.25, 0.3) is 10.4 Å². The number of thiazole rings is 1. The summed E-state index contributed by atoms with van der Waals surface area (Å²) in [5.41, 5.74) is 11.0. The van der Waals surface area contributed by atoms with Crippen molar-refractivity contribution in [3.05, 3.63) is 30.3 Å². The maximum absolute atomic E-state index is 11.2. The fraction of sp³-hybridized carbons (Fsp3) is 0. The van der Waals surface area contributed by atoms with Crippen molar-refractivity contribution in [2.45, 2.75) is 0 Å². The summed E-state index contributed by atoms with van der Waals surface area (Å²) in [5, 5.41) is 1.43. The van der Waals surface area contributed by atoms with Crippen molar-refractivity contribution in [3.63, 3.8) is 0 Å². The lowest BCUT2D eigenvalue weighted by molar-refractivity contribution is 0.253. The first kappa shape index (κ1) is 14.7. The molecule has 9 nitrogen and oxygen atoms in total. The van der Waals surface area contributed by atoms with Gasteiger partial charge in [0, 0.05) is 0 Å². The number of carbonyl (C=O) groups excluding carboxylic acids is 2. The summed E-state index contributed by atoms with van der Waals surface area (Å²) in [6.07, 6.45) is 0. The molecule has 0 aliphatic rings. The molecule has 0 aliphatic carbocycles. The molecular weight excluding hydrogens is 294 g/mol. The number of amides is 4.